The van der Waals surface area contributed by atoms with Crippen molar-refractivity contribution in [3.05, 3.63) is 52.9 Å². The number of aromatic nitrogens is 4. The van der Waals surface area contributed by atoms with E-state index in [0.29, 0.717) is 18.0 Å². The summed E-state index contributed by atoms with van der Waals surface area (Å²) in [5, 5.41) is 5.32. The van der Waals surface area contributed by atoms with Crippen LogP contribution in [0.4, 0.5) is 0 Å². The Bertz CT molecular complexity index is 937. The van der Waals surface area contributed by atoms with Crippen LogP contribution in [-0.4, -0.2) is 43.6 Å². The van der Waals surface area contributed by atoms with E-state index in [4.69, 9.17) is 11.6 Å². The summed E-state index contributed by atoms with van der Waals surface area (Å²) in [6, 6.07) is 7.46. The summed E-state index contributed by atoms with van der Waals surface area (Å²) in [5.74, 6) is 0.335. The van der Waals surface area contributed by atoms with Crippen LogP contribution in [0.1, 0.15) is 30.0 Å². The Kier molecular flexibility index (Phi) is 4.59. The number of hydrogen-bond donors (Lipinski definition) is 0. The second-order valence-electron chi connectivity index (χ2n) is 6.72. The molecule has 0 aliphatic carbocycles. The van der Waals surface area contributed by atoms with Crippen molar-refractivity contribution in [3.63, 3.8) is 0 Å². The van der Waals surface area contributed by atoms with E-state index in [-0.39, 0.29) is 11.8 Å². The average molecular weight is 370 g/mol. The zero-order valence-corrected chi connectivity index (χ0v) is 15.4. The Morgan fingerprint density at radius 3 is 2.81 bits per heavy atom. The molecule has 1 saturated heterocycles. The highest BCUT2D eigenvalue weighted by Crippen LogP contribution is 2.30. The number of benzene rings is 1. The van der Waals surface area contributed by atoms with Crippen molar-refractivity contribution < 1.29 is 4.79 Å². The second-order valence-corrected chi connectivity index (χ2v) is 7.16. The Morgan fingerprint density at radius 1 is 1.23 bits per heavy atom. The Hall–Kier alpha value is -2.47. The molecule has 7 heteroatoms. The number of hydrogen-bond acceptors (Lipinski definition) is 4. The van der Waals surface area contributed by atoms with Crippen LogP contribution in [0.3, 0.4) is 0 Å². The highest BCUT2D eigenvalue weighted by Gasteiger charge is 2.28. The van der Waals surface area contributed by atoms with E-state index in [1.54, 1.807) is 17.1 Å². The second kappa shape index (κ2) is 7.03. The molecule has 2 aromatic heterocycles. The van der Waals surface area contributed by atoms with Gasteiger partial charge in [0.25, 0.3) is 0 Å². The lowest BCUT2D eigenvalue weighted by Crippen LogP contribution is -2.40. The SMILES string of the molecule is Cn1nc([C@H]2CCCN(C(=O)Cc3ccc(Cl)cc3)C2)c2nccnc21. The van der Waals surface area contributed by atoms with Crippen LogP contribution in [0.25, 0.3) is 11.2 Å². The third-order valence-corrected chi connectivity index (χ3v) is 5.17. The van der Waals surface area contributed by atoms with Gasteiger partial charge in [-0.3, -0.25) is 4.79 Å². The minimum atomic E-state index is 0.142. The summed E-state index contributed by atoms with van der Waals surface area (Å²) in [5.41, 5.74) is 3.55. The number of rotatable bonds is 3. The molecule has 0 saturated carbocycles. The molecule has 1 aliphatic rings. The summed E-state index contributed by atoms with van der Waals surface area (Å²) in [6.07, 6.45) is 5.74. The van der Waals surface area contributed by atoms with Crippen LogP contribution >= 0.6 is 11.6 Å². The Morgan fingerprint density at radius 2 is 2.00 bits per heavy atom. The summed E-state index contributed by atoms with van der Waals surface area (Å²) >= 11 is 5.92. The molecule has 0 radical (unpaired) electrons. The maximum atomic E-state index is 12.7. The normalized spacial score (nSPS) is 17.6. The maximum Gasteiger partial charge on any atom is 0.227 e. The minimum Gasteiger partial charge on any atom is -0.342 e. The lowest BCUT2D eigenvalue weighted by Gasteiger charge is -2.32. The highest BCUT2D eigenvalue weighted by atomic mass is 35.5. The summed E-state index contributed by atoms with van der Waals surface area (Å²) in [4.78, 5) is 23.5. The number of aryl methyl sites for hydroxylation is 1. The minimum absolute atomic E-state index is 0.142. The Labute approximate surface area is 156 Å². The van der Waals surface area contributed by atoms with Gasteiger partial charge in [-0.2, -0.15) is 5.10 Å². The molecule has 3 aromatic rings. The first-order valence-corrected chi connectivity index (χ1v) is 9.15. The molecule has 1 amide bonds. The molecule has 0 N–H and O–H groups in total. The predicted molar refractivity (Wildman–Crippen MR) is 100 cm³/mol. The first-order chi connectivity index (χ1) is 12.6. The van der Waals surface area contributed by atoms with E-state index < -0.39 is 0 Å². The maximum absolute atomic E-state index is 12.7. The smallest absolute Gasteiger partial charge is 0.227 e. The van der Waals surface area contributed by atoms with Crippen LogP contribution in [-0.2, 0) is 18.3 Å². The molecule has 26 heavy (non-hydrogen) atoms. The molecule has 0 bridgehead atoms. The third-order valence-electron chi connectivity index (χ3n) is 4.92. The fourth-order valence-corrected chi connectivity index (χ4v) is 3.72. The molecule has 1 aromatic carbocycles. The van der Waals surface area contributed by atoms with Crippen LogP contribution in [0.2, 0.25) is 5.02 Å². The number of carbonyl (C=O) groups is 1. The van der Waals surface area contributed by atoms with Crippen LogP contribution < -0.4 is 0 Å². The van der Waals surface area contributed by atoms with E-state index in [1.165, 1.54) is 0 Å². The molecule has 134 valence electrons. The number of likely N-dealkylation sites (tertiary alicyclic amines) is 1. The van der Waals surface area contributed by atoms with E-state index >= 15 is 0 Å². The van der Waals surface area contributed by atoms with Gasteiger partial charge < -0.3 is 4.90 Å². The number of fused-ring (bicyclic) bond motifs is 1. The van der Waals surface area contributed by atoms with Gasteiger partial charge in [0.2, 0.25) is 5.91 Å². The lowest BCUT2D eigenvalue weighted by atomic mass is 9.94. The largest absolute Gasteiger partial charge is 0.342 e. The number of carbonyl (C=O) groups excluding carboxylic acids is 1. The van der Waals surface area contributed by atoms with Crippen LogP contribution in [0.15, 0.2) is 36.7 Å². The summed E-state index contributed by atoms with van der Waals surface area (Å²) in [7, 11) is 1.88. The van der Waals surface area contributed by atoms with Crippen molar-refractivity contribution in [2.45, 2.75) is 25.2 Å². The van der Waals surface area contributed by atoms with Crippen molar-refractivity contribution in [1.29, 1.82) is 0 Å². The topological polar surface area (TPSA) is 63.9 Å². The van der Waals surface area contributed by atoms with Crippen LogP contribution in [0.5, 0.6) is 0 Å². The van der Waals surface area contributed by atoms with Gasteiger partial charge in [0.15, 0.2) is 5.65 Å². The van der Waals surface area contributed by atoms with Crippen LogP contribution in [0, 0.1) is 0 Å². The van der Waals surface area contributed by atoms with Crippen molar-refractivity contribution in [2.75, 3.05) is 13.1 Å². The van der Waals surface area contributed by atoms with E-state index in [1.807, 2.05) is 36.2 Å². The van der Waals surface area contributed by atoms with E-state index in [2.05, 4.69) is 15.1 Å². The standard InChI is InChI=1S/C19H20ClN5O/c1-24-19-18(21-8-9-22-19)17(23-24)14-3-2-10-25(12-14)16(26)11-13-4-6-15(20)7-5-13/h4-9,14H,2-3,10-12H2,1H3/t14-/m0/s1. The molecule has 0 unspecified atom stereocenters. The number of amides is 1. The zero-order valence-electron chi connectivity index (χ0n) is 14.6. The highest BCUT2D eigenvalue weighted by molar-refractivity contribution is 6.30. The van der Waals surface area contributed by atoms with Crippen molar-refractivity contribution in [3.8, 4) is 0 Å². The fraction of sp³-hybridized carbons (Fsp3) is 0.368. The first kappa shape index (κ1) is 17.0. The molecular weight excluding hydrogens is 350 g/mol. The van der Waals surface area contributed by atoms with Gasteiger partial charge in [0, 0.05) is 43.5 Å². The van der Waals surface area contributed by atoms with Crippen molar-refractivity contribution >= 4 is 28.7 Å². The zero-order chi connectivity index (χ0) is 18.1. The lowest BCUT2D eigenvalue weighted by molar-refractivity contribution is -0.131. The summed E-state index contributed by atoms with van der Waals surface area (Å²) < 4.78 is 1.77. The average Bonchev–Trinajstić information content (AvgIpc) is 3.01. The van der Waals surface area contributed by atoms with Gasteiger partial charge in [-0.05, 0) is 30.5 Å². The number of nitrogens with zero attached hydrogens (tertiary/aromatic N) is 5. The Balaban J connectivity index is 1.51. The molecule has 1 fully saturated rings. The van der Waals surface area contributed by atoms with E-state index in [0.717, 1.165) is 41.8 Å². The predicted octanol–water partition coefficient (Wildman–Crippen LogP) is 2.97. The van der Waals surface area contributed by atoms with Gasteiger partial charge in [0.1, 0.15) is 5.52 Å². The third kappa shape index (κ3) is 3.29. The van der Waals surface area contributed by atoms with E-state index in [9.17, 15) is 4.79 Å². The molecule has 4 rings (SSSR count). The number of halogens is 1. The molecule has 1 atom stereocenters. The van der Waals surface area contributed by atoms with Gasteiger partial charge in [-0.25, -0.2) is 14.6 Å². The monoisotopic (exact) mass is 369 g/mol. The van der Waals surface area contributed by atoms with Gasteiger partial charge in [-0.1, -0.05) is 23.7 Å². The number of piperidine rings is 1. The molecule has 1 aliphatic heterocycles. The quantitative estimate of drug-likeness (QED) is 0.712. The molecular formula is C19H20ClN5O. The fourth-order valence-electron chi connectivity index (χ4n) is 3.60. The van der Waals surface area contributed by atoms with Crippen molar-refractivity contribution in [2.24, 2.45) is 7.05 Å². The van der Waals surface area contributed by atoms with Gasteiger partial charge in [0.05, 0.1) is 12.1 Å². The molecule has 0 spiro atoms. The van der Waals surface area contributed by atoms with Gasteiger partial charge in [-0.15, -0.1) is 0 Å². The van der Waals surface area contributed by atoms with Gasteiger partial charge >= 0.3 is 0 Å². The van der Waals surface area contributed by atoms with Crippen molar-refractivity contribution in [1.82, 2.24) is 24.6 Å². The summed E-state index contributed by atoms with van der Waals surface area (Å²) in [6.45, 7) is 1.47. The molecule has 6 nitrogen and oxygen atoms in total. The first-order valence-electron chi connectivity index (χ1n) is 8.77. The molecule has 3 heterocycles.